The van der Waals surface area contributed by atoms with Crippen LogP contribution in [-0.4, -0.2) is 7.11 Å². The lowest BCUT2D eigenvalue weighted by molar-refractivity contribution is 0.0815. The minimum atomic E-state index is 0.316. The van der Waals surface area contributed by atoms with Gasteiger partial charge in [0.1, 0.15) is 0 Å². The first-order chi connectivity index (χ1) is 7.24. The van der Waals surface area contributed by atoms with Crippen LogP contribution >= 0.6 is 0 Å². The number of hydrogen-bond donors (Lipinski definition) is 0. The van der Waals surface area contributed by atoms with Gasteiger partial charge in [-0.3, -0.25) is 0 Å². The number of benzene rings is 1. The van der Waals surface area contributed by atoms with Gasteiger partial charge in [0, 0.05) is 7.11 Å². The molecule has 0 aromatic heterocycles. The molecule has 0 unspecified atom stereocenters. The summed E-state index contributed by atoms with van der Waals surface area (Å²) in [7, 11) is 1.82. The van der Waals surface area contributed by atoms with E-state index >= 15 is 0 Å². The number of hydrogen-bond acceptors (Lipinski definition) is 1. The van der Waals surface area contributed by atoms with Gasteiger partial charge in [-0.2, -0.15) is 0 Å². The minimum absolute atomic E-state index is 0.316. The Bertz CT molecular complexity index is 330. The van der Waals surface area contributed by atoms with Crippen LogP contribution in [0, 0.1) is 5.92 Å². The van der Waals surface area contributed by atoms with Gasteiger partial charge in [-0.05, 0) is 35.8 Å². The van der Waals surface area contributed by atoms with E-state index in [1.165, 1.54) is 17.5 Å². The largest absolute Gasteiger partial charge is 0.377 e. The Morgan fingerprint density at radius 1 is 1.13 bits per heavy atom. The molecule has 0 fully saturated rings. The zero-order chi connectivity index (χ0) is 10.8. The molecule has 0 aliphatic heterocycles. The monoisotopic (exact) mass is 204 g/mol. The predicted octanol–water partition coefficient (Wildman–Crippen LogP) is 3.91. The molecule has 0 radical (unpaired) electrons. The van der Waals surface area contributed by atoms with Gasteiger partial charge in [0.25, 0.3) is 0 Å². The molecule has 1 aromatic carbocycles. The molecule has 0 saturated heterocycles. The SMILES string of the molecule is CO[C@H]1CC[C@H](C(C)C)c2ccccc21. The Hall–Kier alpha value is -0.820. The fraction of sp³-hybridized carbons (Fsp3) is 0.571. The lowest BCUT2D eigenvalue weighted by Crippen LogP contribution is -2.19. The quantitative estimate of drug-likeness (QED) is 0.709. The molecule has 0 bridgehead atoms. The smallest absolute Gasteiger partial charge is 0.0824 e. The minimum Gasteiger partial charge on any atom is -0.377 e. The molecule has 2 atom stereocenters. The average molecular weight is 204 g/mol. The lowest BCUT2D eigenvalue weighted by Gasteiger charge is -2.33. The molecule has 1 aliphatic carbocycles. The molecule has 0 amide bonds. The standard InChI is InChI=1S/C14H20O/c1-10(2)11-8-9-14(15-3)13-7-5-4-6-12(11)13/h4-7,10-11,14H,8-9H2,1-3H3/t11-,14+/m1/s1. The zero-order valence-corrected chi connectivity index (χ0v) is 9.86. The number of rotatable bonds is 2. The topological polar surface area (TPSA) is 9.23 Å². The highest BCUT2D eigenvalue weighted by Crippen LogP contribution is 2.42. The van der Waals surface area contributed by atoms with Crippen LogP contribution in [0.2, 0.25) is 0 Å². The highest BCUT2D eigenvalue weighted by atomic mass is 16.5. The second kappa shape index (κ2) is 4.36. The highest BCUT2D eigenvalue weighted by Gasteiger charge is 2.28. The van der Waals surface area contributed by atoms with Crippen LogP contribution in [-0.2, 0) is 4.74 Å². The van der Waals surface area contributed by atoms with Gasteiger partial charge in [-0.15, -0.1) is 0 Å². The highest BCUT2D eigenvalue weighted by molar-refractivity contribution is 5.34. The molecule has 2 rings (SSSR count). The van der Waals surface area contributed by atoms with E-state index in [0.29, 0.717) is 12.0 Å². The van der Waals surface area contributed by atoms with E-state index in [1.54, 1.807) is 0 Å². The predicted molar refractivity (Wildman–Crippen MR) is 63.0 cm³/mol. The second-order valence-corrected chi connectivity index (χ2v) is 4.78. The average Bonchev–Trinajstić information content (AvgIpc) is 2.27. The van der Waals surface area contributed by atoms with E-state index < -0.39 is 0 Å². The van der Waals surface area contributed by atoms with Crippen LogP contribution in [0.4, 0.5) is 0 Å². The van der Waals surface area contributed by atoms with E-state index in [4.69, 9.17) is 4.74 Å². The normalized spacial score (nSPS) is 25.3. The van der Waals surface area contributed by atoms with E-state index in [0.717, 1.165) is 12.3 Å². The van der Waals surface area contributed by atoms with Gasteiger partial charge in [0.05, 0.1) is 6.10 Å². The summed E-state index contributed by atoms with van der Waals surface area (Å²) in [6, 6.07) is 8.75. The maximum atomic E-state index is 5.55. The van der Waals surface area contributed by atoms with E-state index in [-0.39, 0.29) is 0 Å². The van der Waals surface area contributed by atoms with Crippen LogP contribution in [0.1, 0.15) is 49.8 Å². The van der Waals surface area contributed by atoms with Crippen molar-refractivity contribution < 1.29 is 4.74 Å². The Morgan fingerprint density at radius 3 is 2.40 bits per heavy atom. The number of fused-ring (bicyclic) bond motifs is 1. The lowest BCUT2D eigenvalue weighted by atomic mass is 9.76. The molecule has 15 heavy (non-hydrogen) atoms. The van der Waals surface area contributed by atoms with Crippen molar-refractivity contribution in [2.75, 3.05) is 7.11 Å². The summed E-state index contributed by atoms with van der Waals surface area (Å²) in [6.45, 7) is 4.63. The first kappa shape index (κ1) is 10.7. The zero-order valence-electron chi connectivity index (χ0n) is 9.86. The second-order valence-electron chi connectivity index (χ2n) is 4.78. The summed E-state index contributed by atoms with van der Waals surface area (Å²) >= 11 is 0. The van der Waals surface area contributed by atoms with Crippen LogP contribution in [0.25, 0.3) is 0 Å². The molecule has 0 saturated carbocycles. The fourth-order valence-electron chi connectivity index (χ4n) is 2.72. The van der Waals surface area contributed by atoms with E-state index in [9.17, 15) is 0 Å². The van der Waals surface area contributed by atoms with Crippen molar-refractivity contribution in [2.45, 2.75) is 38.7 Å². The van der Waals surface area contributed by atoms with Crippen molar-refractivity contribution >= 4 is 0 Å². The maximum absolute atomic E-state index is 5.55. The van der Waals surface area contributed by atoms with Crippen molar-refractivity contribution in [3.63, 3.8) is 0 Å². The van der Waals surface area contributed by atoms with Crippen LogP contribution in [0.3, 0.4) is 0 Å². The van der Waals surface area contributed by atoms with Gasteiger partial charge in [0.15, 0.2) is 0 Å². The molecule has 82 valence electrons. The Labute approximate surface area is 92.5 Å². The molecule has 0 heterocycles. The summed E-state index contributed by atoms with van der Waals surface area (Å²) in [4.78, 5) is 0. The third-order valence-corrected chi connectivity index (χ3v) is 3.57. The molecule has 1 aliphatic rings. The Balaban J connectivity index is 2.39. The van der Waals surface area contributed by atoms with E-state index in [2.05, 4.69) is 38.1 Å². The first-order valence-electron chi connectivity index (χ1n) is 5.85. The van der Waals surface area contributed by atoms with E-state index in [1.807, 2.05) is 7.11 Å². The van der Waals surface area contributed by atoms with Crippen LogP contribution < -0.4 is 0 Å². The summed E-state index contributed by atoms with van der Waals surface area (Å²) in [6.07, 6.45) is 2.74. The molecule has 1 nitrogen and oxygen atoms in total. The third-order valence-electron chi connectivity index (χ3n) is 3.57. The van der Waals surface area contributed by atoms with Crippen molar-refractivity contribution in [1.82, 2.24) is 0 Å². The number of ether oxygens (including phenoxy) is 1. The summed E-state index contributed by atoms with van der Waals surface area (Å²) in [5.41, 5.74) is 2.91. The van der Waals surface area contributed by atoms with Gasteiger partial charge in [-0.25, -0.2) is 0 Å². The van der Waals surface area contributed by atoms with Crippen LogP contribution in [0.5, 0.6) is 0 Å². The summed E-state index contributed by atoms with van der Waals surface area (Å²) in [5, 5.41) is 0. The van der Waals surface area contributed by atoms with Crippen molar-refractivity contribution in [3.05, 3.63) is 35.4 Å². The maximum Gasteiger partial charge on any atom is 0.0824 e. The molecule has 0 N–H and O–H groups in total. The fourth-order valence-corrected chi connectivity index (χ4v) is 2.72. The van der Waals surface area contributed by atoms with Crippen LogP contribution in [0.15, 0.2) is 24.3 Å². The number of methoxy groups -OCH3 is 1. The van der Waals surface area contributed by atoms with Gasteiger partial charge < -0.3 is 4.74 Å². The Morgan fingerprint density at radius 2 is 1.80 bits per heavy atom. The van der Waals surface area contributed by atoms with Gasteiger partial charge in [0.2, 0.25) is 0 Å². The van der Waals surface area contributed by atoms with Gasteiger partial charge in [-0.1, -0.05) is 38.1 Å². The third kappa shape index (κ3) is 1.93. The van der Waals surface area contributed by atoms with Crippen molar-refractivity contribution in [1.29, 1.82) is 0 Å². The Kier molecular flexibility index (Phi) is 3.11. The molecular formula is C14H20O. The summed E-state index contributed by atoms with van der Waals surface area (Å²) < 4.78 is 5.55. The van der Waals surface area contributed by atoms with Gasteiger partial charge >= 0.3 is 0 Å². The molecule has 1 heteroatoms. The van der Waals surface area contributed by atoms with Crippen molar-refractivity contribution in [3.8, 4) is 0 Å². The first-order valence-corrected chi connectivity index (χ1v) is 5.85. The molecule has 1 aromatic rings. The summed E-state index contributed by atoms with van der Waals surface area (Å²) in [5.74, 6) is 1.44. The molecular weight excluding hydrogens is 184 g/mol. The molecule has 0 spiro atoms. The van der Waals surface area contributed by atoms with Crippen molar-refractivity contribution in [2.24, 2.45) is 5.92 Å².